The van der Waals surface area contributed by atoms with Gasteiger partial charge in [0, 0.05) is 31.7 Å². The lowest BCUT2D eigenvalue weighted by Gasteiger charge is -2.36. The van der Waals surface area contributed by atoms with Crippen LogP contribution in [-0.2, 0) is 0 Å². The summed E-state index contributed by atoms with van der Waals surface area (Å²) in [5.74, 6) is 0. The average Bonchev–Trinajstić information content (AvgIpc) is 2.02. The molecule has 0 spiro atoms. The molecule has 1 fully saturated rings. The molecule has 1 aliphatic rings. The molecule has 0 radical (unpaired) electrons. The second-order valence-electron chi connectivity index (χ2n) is 4.97. The quantitative estimate of drug-likeness (QED) is 0.605. The molecular weight excluding hydrogens is 194 g/mol. The van der Waals surface area contributed by atoms with Crippen LogP contribution in [0.4, 0.5) is 0 Å². The zero-order valence-corrected chi connectivity index (χ0v) is 10.4. The Morgan fingerprint density at radius 1 is 1.14 bits per heavy atom. The smallest absolute Gasteiger partial charge is 0.169 e. The molecule has 82 valence electrons. The van der Waals surface area contributed by atoms with Crippen molar-refractivity contribution >= 4 is 17.3 Å². The van der Waals surface area contributed by atoms with Crippen LogP contribution in [0.2, 0.25) is 0 Å². The number of rotatable bonds is 0. The van der Waals surface area contributed by atoms with Crippen molar-refractivity contribution in [1.82, 2.24) is 15.1 Å². The van der Waals surface area contributed by atoms with Crippen LogP contribution in [0.25, 0.3) is 0 Å². The van der Waals surface area contributed by atoms with Crippen molar-refractivity contribution in [3.63, 3.8) is 0 Å². The van der Waals surface area contributed by atoms with Crippen LogP contribution in [0.15, 0.2) is 0 Å². The summed E-state index contributed by atoms with van der Waals surface area (Å²) >= 11 is 5.36. The van der Waals surface area contributed by atoms with E-state index in [0.29, 0.717) is 0 Å². The van der Waals surface area contributed by atoms with Gasteiger partial charge in [0.1, 0.15) is 0 Å². The van der Waals surface area contributed by atoms with Crippen molar-refractivity contribution in [2.75, 3.05) is 33.2 Å². The lowest BCUT2D eigenvalue weighted by Crippen LogP contribution is -2.54. The van der Waals surface area contributed by atoms with Gasteiger partial charge in [-0.2, -0.15) is 0 Å². The molecule has 1 heterocycles. The maximum atomic E-state index is 5.36. The Morgan fingerprint density at radius 2 is 1.64 bits per heavy atom. The summed E-state index contributed by atoms with van der Waals surface area (Å²) in [6.07, 6.45) is 0. The first-order valence-corrected chi connectivity index (χ1v) is 5.55. The first-order valence-electron chi connectivity index (χ1n) is 5.14. The van der Waals surface area contributed by atoms with Crippen molar-refractivity contribution in [2.24, 2.45) is 0 Å². The first kappa shape index (κ1) is 11.7. The second kappa shape index (κ2) is 4.45. The molecule has 0 bridgehead atoms. The molecule has 1 saturated heterocycles. The maximum Gasteiger partial charge on any atom is 0.169 e. The molecule has 0 aromatic carbocycles. The summed E-state index contributed by atoms with van der Waals surface area (Å²) in [7, 11) is 2.15. The zero-order chi connectivity index (χ0) is 10.8. The number of nitrogens with zero attached hydrogens (tertiary/aromatic N) is 2. The average molecular weight is 215 g/mol. The van der Waals surface area contributed by atoms with E-state index in [-0.39, 0.29) is 5.54 Å². The Kier molecular flexibility index (Phi) is 3.72. The molecule has 14 heavy (non-hydrogen) atoms. The van der Waals surface area contributed by atoms with E-state index < -0.39 is 0 Å². The van der Waals surface area contributed by atoms with E-state index >= 15 is 0 Å². The Hall–Kier alpha value is -0.350. The van der Waals surface area contributed by atoms with E-state index in [2.05, 4.69) is 42.9 Å². The summed E-state index contributed by atoms with van der Waals surface area (Å²) in [4.78, 5) is 4.58. The first-order chi connectivity index (χ1) is 6.38. The highest BCUT2D eigenvalue weighted by Crippen LogP contribution is 2.04. The van der Waals surface area contributed by atoms with Gasteiger partial charge in [0.05, 0.1) is 0 Å². The third-order valence-electron chi connectivity index (χ3n) is 2.27. The summed E-state index contributed by atoms with van der Waals surface area (Å²) in [5.41, 5.74) is 0.0699. The topological polar surface area (TPSA) is 18.5 Å². The van der Waals surface area contributed by atoms with Crippen molar-refractivity contribution in [2.45, 2.75) is 26.3 Å². The molecular formula is C10H21N3S. The summed E-state index contributed by atoms with van der Waals surface area (Å²) in [6, 6.07) is 0. The van der Waals surface area contributed by atoms with Crippen molar-refractivity contribution < 1.29 is 0 Å². The van der Waals surface area contributed by atoms with Gasteiger partial charge in [-0.25, -0.2) is 0 Å². The predicted octanol–water partition coefficient (Wildman–Crippen LogP) is 0.907. The summed E-state index contributed by atoms with van der Waals surface area (Å²) in [6.45, 7) is 10.7. The Bertz CT molecular complexity index is 202. The fraction of sp³-hybridized carbons (Fsp3) is 0.900. The number of piperazine rings is 1. The van der Waals surface area contributed by atoms with Gasteiger partial charge in [0.2, 0.25) is 0 Å². The minimum Gasteiger partial charge on any atom is -0.358 e. The fourth-order valence-corrected chi connectivity index (χ4v) is 1.90. The standard InChI is InChI=1S/C10H21N3S/c1-10(2,3)11-9(14)13-7-5-12(4)6-8-13/h5-8H2,1-4H3,(H,11,14). The van der Waals surface area contributed by atoms with Gasteiger partial charge < -0.3 is 15.1 Å². The lowest BCUT2D eigenvalue weighted by atomic mass is 10.1. The molecule has 4 heteroatoms. The van der Waals surface area contributed by atoms with Crippen LogP contribution < -0.4 is 5.32 Å². The Morgan fingerprint density at radius 3 is 2.07 bits per heavy atom. The van der Waals surface area contributed by atoms with Crippen LogP contribution in [0.5, 0.6) is 0 Å². The van der Waals surface area contributed by atoms with E-state index in [0.717, 1.165) is 31.3 Å². The Balaban J connectivity index is 2.38. The molecule has 0 unspecified atom stereocenters. The normalized spacial score (nSPS) is 19.6. The zero-order valence-electron chi connectivity index (χ0n) is 9.63. The van der Waals surface area contributed by atoms with Crippen molar-refractivity contribution in [1.29, 1.82) is 0 Å². The molecule has 0 saturated carbocycles. The van der Waals surface area contributed by atoms with Gasteiger partial charge >= 0.3 is 0 Å². The third-order valence-corrected chi connectivity index (χ3v) is 2.63. The van der Waals surface area contributed by atoms with Crippen LogP contribution in [0, 0.1) is 0 Å². The minimum absolute atomic E-state index is 0.0699. The highest BCUT2D eigenvalue weighted by atomic mass is 32.1. The number of thiocarbonyl (C=S) groups is 1. The van der Waals surface area contributed by atoms with E-state index in [1.807, 2.05) is 0 Å². The lowest BCUT2D eigenvalue weighted by molar-refractivity contribution is 0.211. The van der Waals surface area contributed by atoms with E-state index in [1.54, 1.807) is 0 Å². The van der Waals surface area contributed by atoms with E-state index in [4.69, 9.17) is 12.2 Å². The largest absolute Gasteiger partial charge is 0.358 e. The van der Waals surface area contributed by atoms with Crippen LogP contribution in [-0.4, -0.2) is 53.7 Å². The predicted molar refractivity (Wildman–Crippen MR) is 64.6 cm³/mol. The highest BCUT2D eigenvalue weighted by molar-refractivity contribution is 7.80. The van der Waals surface area contributed by atoms with Gasteiger partial charge in [-0.05, 0) is 40.0 Å². The van der Waals surface area contributed by atoms with Gasteiger partial charge in [-0.15, -0.1) is 0 Å². The van der Waals surface area contributed by atoms with E-state index in [9.17, 15) is 0 Å². The van der Waals surface area contributed by atoms with E-state index in [1.165, 1.54) is 0 Å². The number of likely N-dealkylation sites (N-methyl/N-ethyl adjacent to an activating group) is 1. The van der Waals surface area contributed by atoms with Crippen LogP contribution >= 0.6 is 12.2 Å². The van der Waals surface area contributed by atoms with Crippen molar-refractivity contribution in [3.05, 3.63) is 0 Å². The van der Waals surface area contributed by atoms with Gasteiger partial charge in [-0.3, -0.25) is 0 Å². The number of nitrogens with one attached hydrogen (secondary N) is 1. The van der Waals surface area contributed by atoms with Gasteiger partial charge in [0.25, 0.3) is 0 Å². The SMILES string of the molecule is CN1CCN(C(=S)NC(C)(C)C)CC1. The molecule has 1 rings (SSSR count). The second-order valence-corrected chi connectivity index (χ2v) is 5.36. The fourth-order valence-electron chi connectivity index (χ4n) is 1.41. The molecule has 0 amide bonds. The number of hydrogen-bond donors (Lipinski definition) is 1. The molecule has 0 atom stereocenters. The Labute approximate surface area is 92.4 Å². The third kappa shape index (κ3) is 3.80. The number of hydrogen-bond acceptors (Lipinski definition) is 2. The minimum atomic E-state index is 0.0699. The van der Waals surface area contributed by atoms with Gasteiger partial charge in [0.15, 0.2) is 5.11 Å². The molecule has 1 aliphatic heterocycles. The molecule has 0 aliphatic carbocycles. The molecule has 0 aromatic heterocycles. The van der Waals surface area contributed by atoms with Crippen LogP contribution in [0.1, 0.15) is 20.8 Å². The summed E-state index contributed by atoms with van der Waals surface area (Å²) < 4.78 is 0. The molecule has 0 aromatic rings. The monoisotopic (exact) mass is 215 g/mol. The maximum absolute atomic E-state index is 5.36. The highest BCUT2D eigenvalue weighted by Gasteiger charge is 2.19. The molecule has 3 nitrogen and oxygen atoms in total. The molecule has 1 N–H and O–H groups in total. The van der Waals surface area contributed by atoms with Crippen molar-refractivity contribution in [3.8, 4) is 0 Å². The van der Waals surface area contributed by atoms with Gasteiger partial charge in [-0.1, -0.05) is 0 Å². The van der Waals surface area contributed by atoms with Crippen LogP contribution in [0.3, 0.4) is 0 Å². The summed E-state index contributed by atoms with van der Waals surface area (Å²) in [5, 5.41) is 4.24.